The van der Waals surface area contributed by atoms with Crippen LogP contribution in [0.2, 0.25) is 0 Å². The van der Waals surface area contributed by atoms with Crippen molar-refractivity contribution in [2.24, 2.45) is 5.92 Å². The molecule has 0 amide bonds. The van der Waals surface area contributed by atoms with Gasteiger partial charge in [-0.2, -0.15) is 0 Å². The van der Waals surface area contributed by atoms with E-state index in [1.807, 2.05) is 7.05 Å². The SMILES string of the molecule is CCC(C)CN(C)c1nc(C(C)(C)C)c(C=O)s1. The fraction of sp³-hybridized carbons (Fsp3) is 0.714. The van der Waals surface area contributed by atoms with E-state index in [4.69, 9.17) is 0 Å². The summed E-state index contributed by atoms with van der Waals surface area (Å²) in [6.45, 7) is 11.7. The molecule has 0 spiro atoms. The van der Waals surface area contributed by atoms with Gasteiger partial charge >= 0.3 is 0 Å². The number of aromatic nitrogens is 1. The van der Waals surface area contributed by atoms with Crippen LogP contribution >= 0.6 is 11.3 Å². The Bertz CT molecular complexity index is 406. The van der Waals surface area contributed by atoms with Crippen LogP contribution in [0.25, 0.3) is 0 Å². The minimum absolute atomic E-state index is 0.0811. The number of aldehydes is 1. The van der Waals surface area contributed by atoms with Gasteiger partial charge in [0.05, 0.1) is 10.6 Å². The van der Waals surface area contributed by atoms with Crippen molar-refractivity contribution in [1.29, 1.82) is 0 Å². The third-order valence-corrected chi connectivity index (χ3v) is 4.16. The van der Waals surface area contributed by atoms with Crippen LogP contribution in [-0.4, -0.2) is 24.9 Å². The van der Waals surface area contributed by atoms with E-state index in [2.05, 4.69) is 44.5 Å². The maximum atomic E-state index is 11.1. The number of carbonyl (C=O) groups excluding carboxylic acids is 1. The van der Waals surface area contributed by atoms with Gasteiger partial charge in [-0.25, -0.2) is 4.98 Å². The smallest absolute Gasteiger partial charge is 0.185 e. The standard InChI is InChI=1S/C14H24N2OS/c1-7-10(2)8-16(6)13-15-12(14(3,4)5)11(9-17)18-13/h9-10H,7-8H2,1-6H3. The molecule has 102 valence electrons. The van der Waals surface area contributed by atoms with Gasteiger partial charge in [-0.15, -0.1) is 0 Å². The Morgan fingerprint density at radius 1 is 1.44 bits per heavy atom. The first kappa shape index (κ1) is 15.2. The Labute approximate surface area is 114 Å². The summed E-state index contributed by atoms with van der Waals surface area (Å²) < 4.78 is 0. The third kappa shape index (κ3) is 3.55. The van der Waals surface area contributed by atoms with E-state index in [-0.39, 0.29) is 5.41 Å². The molecule has 0 saturated carbocycles. The molecule has 1 rings (SSSR count). The van der Waals surface area contributed by atoms with E-state index in [1.54, 1.807) is 0 Å². The lowest BCUT2D eigenvalue weighted by molar-refractivity contribution is 0.112. The number of hydrogen-bond acceptors (Lipinski definition) is 4. The van der Waals surface area contributed by atoms with Gasteiger partial charge in [-0.05, 0) is 5.92 Å². The third-order valence-electron chi connectivity index (χ3n) is 3.07. The summed E-state index contributed by atoms with van der Waals surface area (Å²) in [4.78, 5) is 18.7. The Morgan fingerprint density at radius 3 is 2.44 bits per heavy atom. The highest BCUT2D eigenvalue weighted by Gasteiger charge is 2.24. The number of anilines is 1. The molecule has 0 bridgehead atoms. The Kier molecular flexibility index (Phi) is 4.91. The second kappa shape index (κ2) is 5.83. The molecule has 0 aliphatic carbocycles. The average Bonchev–Trinajstić information content (AvgIpc) is 2.72. The molecule has 0 aromatic carbocycles. The van der Waals surface area contributed by atoms with Gasteiger partial charge in [0.15, 0.2) is 11.4 Å². The molecule has 1 heterocycles. The van der Waals surface area contributed by atoms with Gasteiger partial charge in [0.2, 0.25) is 0 Å². The highest BCUT2D eigenvalue weighted by Crippen LogP contribution is 2.32. The zero-order valence-corrected chi connectivity index (χ0v) is 13.1. The van der Waals surface area contributed by atoms with Crippen molar-refractivity contribution >= 4 is 22.8 Å². The molecule has 18 heavy (non-hydrogen) atoms. The molecule has 0 radical (unpaired) electrons. The number of rotatable bonds is 5. The molecular weight excluding hydrogens is 244 g/mol. The molecular formula is C14H24N2OS. The molecule has 0 aliphatic heterocycles. The largest absolute Gasteiger partial charge is 0.351 e. The zero-order valence-electron chi connectivity index (χ0n) is 12.3. The fourth-order valence-electron chi connectivity index (χ4n) is 1.78. The molecule has 1 aromatic rings. The van der Waals surface area contributed by atoms with Crippen LogP contribution in [0.4, 0.5) is 5.13 Å². The van der Waals surface area contributed by atoms with E-state index < -0.39 is 0 Å². The lowest BCUT2D eigenvalue weighted by Gasteiger charge is -2.20. The second-order valence-electron chi connectivity index (χ2n) is 5.97. The topological polar surface area (TPSA) is 33.2 Å². The zero-order chi connectivity index (χ0) is 13.9. The maximum absolute atomic E-state index is 11.1. The number of hydrogen-bond donors (Lipinski definition) is 0. The van der Waals surface area contributed by atoms with Crippen molar-refractivity contribution in [3.05, 3.63) is 10.6 Å². The summed E-state index contributed by atoms with van der Waals surface area (Å²) in [5.74, 6) is 0.636. The Morgan fingerprint density at radius 2 is 2.06 bits per heavy atom. The molecule has 1 aromatic heterocycles. The van der Waals surface area contributed by atoms with Crippen LogP contribution in [0.15, 0.2) is 0 Å². The quantitative estimate of drug-likeness (QED) is 0.763. The summed E-state index contributed by atoms with van der Waals surface area (Å²) in [6, 6.07) is 0. The molecule has 1 unspecified atom stereocenters. The van der Waals surface area contributed by atoms with Gasteiger partial charge in [0, 0.05) is 19.0 Å². The summed E-state index contributed by atoms with van der Waals surface area (Å²) in [5, 5.41) is 0.947. The first-order chi connectivity index (χ1) is 8.29. The highest BCUT2D eigenvalue weighted by atomic mass is 32.1. The van der Waals surface area contributed by atoms with E-state index in [1.165, 1.54) is 11.3 Å². The Hall–Kier alpha value is -0.900. The lowest BCUT2D eigenvalue weighted by Crippen LogP contribution is -2.23. The molecule has 0 saturated heterocycles. The van der Waals surface area contributed by atoms with Gasteiger partial charge in [0.25, 0.3) is 0 Å². The monoisotopic (exact) mass is 268 g/mol. The van der Waals surface area contributed by atoms with E-state index in [9.17, 15) is 4.79 Å². The van der Waals surface area contributed by atoms with Gasteiger partial charge in [0.1, 0.15) is 0 Å². The summed E-state index contributed by atoms with van der Waals surface area (Å²) in [6.07, 6.45) is 2.08. The van der Waals surface area contributed by atoms with Crippen molar-refractivity contribution in [2.75, 3.05) is 18.5 Å². The summed E-state index contributed by atoms with van der Waals surface area (Å²) >= 11 is 1.49. The molecule has 3 nitrogen and oxygen atoms in total. The minimum Gasteiger partial charge on any atom is -0.351 e. The van der Waals surface area contributed by atoms with E-state index in [0.717, 1.165) is 35.0 Å². The predicted molar refractivity (Wildman–Crippen MR) is 78.9 cm³/mol. The van der Waals surface area contributed by atoms with Gasteiger partial charge in [-0.1, -0.05) is 52.4 Å². The average molecular weight is 268 g/mol. The number of thiazole rings is 1. The fourth-order valence-corrected chi connectivity index (χ4v) is 2.84. The van der Waals surface area contributed by atoms with Gasteiger partial charge in [-0.3, -0.25) is 4.79 Å². The van der Waals surface area contributed by atoms with E-state index >= 15 is 0 Å². The molecule has 4 heteroatoms. The van der Waals surface area contributed by atoms with Crippen molar-refractivity contribution in [2.45, 2.75) is 46.5 Å². The normalized spacial score (nSPS) is 13.4. The van der Waals surface area contributed by atoms with E-state index in [0.29, 0.717) is 5.92 Å². The Balaban J connectivity index is 2.98. The summed E-state index contributed by atoms with van der Waals surface area (Å²) in [7, 11) is 2.05. The molecule has 0 aliphatic rings. The minimum atomic E-state index is -0.0811. The molecule has 0 fully saturated rings. The lowest BCUT2D eigenvalue weighted by atomic mass is 9.91. The first-order valence-corrected chi connectivity index (χ1v) is 7.28. The van der Waals surface area contributed by atoms with Gasteiger partial charge < -0.3 is 4.90 Å². The highest BCUT2D eigenvalue weighted by molar-refractivity contribution is 7.17. The van der Waals surface area contributed by atoms with Crippen molar-refractivity contribution < 1.29 is 4.79 Å². The molecule has 1 atom stereocenters. The van der Waals surface area contributed by atoms with Crippen LogP contribution in [0.5, 0.6) is 0 Å². The van der Waals surface area contributed by atoms with Crippen molar-refractivity contribution in [3.8, 4) is 0 Å². The number of nitrogens with zero attached hydrogens (tertiary/aromatic N) is 2. The predicted octanol–water partition coefficient (Wildman–Crippen LogP) is 3.74. The maximum Gasteiger partial charge on any atom is 0.185 e. The van der Waals surface area contributed by atoms with Crippen molar-refractivity contribution in [3.63, 3.8) is 0 Å². The van der Waals surface area contributed by atoms with Crippen molar-refractivity contribution in [1.82, 2.24) is 4.98 Å². The second-order valence-corrected chi connectivity index (χ2v) is 6.98. The van der Waals surface area contributed by atoms with Crippen LogP contribution in [-0.2, 0) is 5.41 Å². The van der Waals surface area contributed by atoms with Crippen LogP contribution in [0.3, 0.4) is 0 Å². The summed E-state index contributed by atoms with van der Waals surface area (Å²) in [5.41, 5.74) is 0.830. The number of carbonyl (C=O) groups is 1. The van der Waals surface area contributed by atoms with Crippen LogP contribution < -0.4 is 4.90 Å². The van der Waals surface area contributed by atoms with Crippen LogP contribution in [0.1, 0.15) is 56.4 Å². The first-order valence-electron chi connectivity index (χ1n) is 6.47. The molecule has 0 N–H and O–H groups in total. The van der Waals surface area contributed by atoms with Crippen LogP contribution in [0, 0.1) is 5.92 Å².